The predicted molar refractivity (Wildman–Crippen MR) is 121 cm³/mol. The van der Waals surface area contributed by atoms with Crippen molar-refractivity contribution < 1.29 is 9.53 Å². The second-order valence-electron chi connectivity index (χ2n) is 6.30. The minimum absolute atomic E-state index is 0.119. The number of aromatic nitrogens is 2. The van der Waals surface area contributed by atoms with E-state index in [9.17, 15) is 4.79 Å². The Morgan fingerprint density at radius 1 is 1.21 bits per heavy atom. The third-order valence-electron chi connectivity index (χ3n) is 4.46. The number of thiocarbonyl (C=S) groups is 1. The molecule has 0 aliphatic carbocycles. The van der Waals surface area contributed by atoms with Crippen molar-refractivity contribution in [2.24, 2.45) is 0 Å². The molecule has 0 N–H and O–H groups in total. The van der Waals surface area contributed by atoms with Gasteiger partial charge in [-0.2, -0.15) is 5.10 Å². The molecule has 2 heterocycles. The van der Waals surface area contributed by atoms with Crippen LogP contribution < -0.4 is 4.74 Å². The number of benzene rings is 2. The Morgan fingerprint density at radius 3 is 2.59 bits per heavy atom. The summed E-state index contributed by atoms with van der Waals surface area (Å²) in [4.78, 5) is 14.5. The molecule has 2 aromatic carbocycles. The molecule has 3 aromatic rings. The maximum absolute atomic E-state index is 12.5. The summed E-state index contributed by atoms with van der Waals surface area (Å²) in [6, 6.07) is 15.3. The quantitative estimate of drug-likeness (QED) is 0.419. The van der Waals surface area contributed by atoms with Crippen molar-refractivity contribution in [1.29, 1.82) is 0 Å². The normalized spacial score (nSPS) is 15.4. The number of carbonyl (C=O) groups is 1. The smallest absolute Gasteiger partial charge is 0.265 e. The zero-order valence-electron chi connectivity index (χ0n) is 15.6. The summed E-state index contributed by atoms with van der Waals surface area (Å²) in [5.41, 5.74) is 3.24. The number of hydrogen-bond acceptors (Lipinski definition) is 5. The summed E-state index contributed by atoms with van der Waals surface area (Å²) < 4.78 is 7.57. The number of para-hydroxylation sites is 1. The summed E-state index contributed by atoms with van der Waals surface area (Å²) in [6.45, 7) is 0. The van der Waals surface area contributed by atoms with E-state index in [0.29, 0.717) is 25.7 Å². The number of amides is 1. The second kappa shape index (κ2) is 8.02. The molecule has 1 fully saturated rings. The van der Waals surface area contributed by atoms with Gasteiger partial charge in [-0.3, -0.25) is 9.69 Å². The fourth-order valence-corrected chi connectivity index (χ4v) is 4.36. The fraction of sp³-hybridized carbons (Fsp3) is 0.0952. The number of rotatable bonds is 4. The van der Waals surface area contributed by atoms with Gasteiger partial charge in [0.2, 0.25) is 0 Å². The van der Waals surface area contributed by atoms with Crippen LogP contribution in [0.4, 0.5) is 0 Å². The van der Waals surface area contributed by atoms with E-state index >= 15 is 0 Å². The minimum atomic E-state index is -0.119. The number of methoxy groups -OCH3 is 1. The number of hydrogen-bond donors (Lipinski definition) is 0. The highest BCUT2D eigenvalue weighted by atomic mass is 35.5. The van der Waals surface area contributed by atoms with Crippen LogP contribution in [0, 0.1) is 0 Å². The Balaban J connectivity index is 1.85. The molecule has 0 bridgehead atoms. The summed E-state index contributed by atoms with van der Waals surface area (Å²) >= 11 is 12.9. The topological polar surface area (TPSA) is 47.4 Å². The molecule has 1 amide bonds. The minimum Gasteiger partial charge on any atom is -0.495 e. The van der Waals surface area contributed by atoms with Crippen LogP contribution in [0.3, 0.4) is 0 Å². The number of nitrogens with zero attached hydrogens (tertiary/aromatic N) is 3. The molecule has 1 aliphatic heterocycles. The molecule has 0 atom stereocenters. The zero-order valence-corrected chi connectivity index (χ0v) is 18.0. The molecule has 8 heteroatoms. The molecule has 29 heavy (non-hydrogen) atoms. The predicted octanol–water partition coefficient (Wildman–Crippen LogP) is 5.03. The van der Waals surface area contributed by atoms with E-state index in [0.717, 1.165) is 16.8 Å². The monoisotopic (exact) mass is 441 g/mol. The SMILES string of the molecule is COc1ccc(-c2nn(-c3ccccc3)cc2C=C2SC(=S)N(C)C2=O)cc1Cl. The number of halogens is 1. The van der Waals surface area contributed by atoms with Gasteiger partial charge < -0.3 is 4.74 Å². The first-order chi connectivity index (χ1) is 14.0. The largest absolute Gasteiger partial charge is 0.495 e. The van der Waals surface area contributed by atoms with Gasteiger partial charge in [-0.15, -0.1) is 0 Å². The molecule has 0 saturated carbocycles. The van der Waals surface area contributed by atoms with Gasteiger partial charge in [0.1, 0.15) is 15.8 Å². The lowest BCUT2D eigenvalue weighted by Crippen LogP contribution is -2.22. The Hall–Kier alpha value is -2.61. The molecular formula is C21H16ClN3O2S2. The lowest BCUT2D eigenvalue weighted by molar-refractivity contribution is -0.121. The van der Waals surface area contributed by atoms with Crippen LogP contribution in [0.5, 0.6) is 5.75 Å². The van der Waals surface area contributed by atoms with Crippen LogP contribution in [-0.2, 0) is 4.79 Å². The van der Waals surface area contributed by atoms with E-state index in [4.69, 9.17) is 33.7 Å². The first-order valence-electron chi connectivity index (χ1n) is 8.68. The van der Waals surface area contributed by atoms with Crippen molar-refractivity contribution in [3.63, 3.8) is 0 Å². The van der Waals surface area contributed by atoms with Crippen molar-refractivity contribution in [3.8, 4) is 22.7 Å². The Bertz CT molecular complexity index is 1140. The van der Waals surface area contributed by atoms with Gasteiger partial charge in [-0.05, 0) is 36.4 Å². The van der Waals surface area contributed by atoms with Crippen molar-refractivity contribution in [2.75, 3.05) is 14.2 Å². The highest BCUT2D eigenvalue weighted by molar-refractivity contribution is 8.26. The Kier molecular flexibility index (Phi) is 5.45. The van der Waals surface area contributed by atoms with Crippen LogP contribution >= 0.6 is 35.6 Å². The average Bonchev–Trinajstić information content (AvgIpc) is 3.26. The molecule has 1 saturated heterocycles. The van der Waals surface area contributed by atoms with E-state index in [1.807, 2.05) is 48.7 Å². The van der Waals surface area contributed by atoms with E-state index < -0.39 is 0 Å². The first-order valence-corrected chi connectivity index (χ1v) is 10.3. The Labute approximate surface area is 182 Å². The molecule has 146 valence electrons. The highest BCUT2D eigenvalue weighted by Crippen LogP contribution is 2.35. The Morgan fingerprint density at radius 2 is 1.97 bits per heavy atom. The lowest BCUT2D eigenvalue weighted by atomic mass is 10.1. The van der Waals surface area contributed by atoms with Crippen LogP contribution in [0.1, 0.15) is 5.56 Å². The van der Waals surface area contributed by atoms with Crippen molar-refractivity contribution in [1.82, 2.24) is 14.7 Å². The molecular weight excluding hydrogens is 426 g/mol. The van der Waals surface area contributed by atoms with Crippen molar-refractivity contribution in [2.45, 2.75) is 0 Å². The van der Waals surface area contributed by atoms with E-state index in [2.05, 4.69) is 0 Å². The molecule has 1 aromatic heterocycles. The summed E-state index contributed by atoms with van der Waals surface area (Å²) in [6.07, 6.45) is 3.72. The molecule has 0 spiro atoms. The average molecular weight is 442 g/mol. The van der Waals surface area contributed by atoms with E-state index in [-0.39, 0.29) is 5.91 Å². The fourth-order valence-electron chi connectivity index (χ4n) is 2.93. The van der Waals surface area contributed by atoms with Gasteiger partial charge in [0.05, 0.1) is 22.7 Å². The zero-order chi connectivity index (χ0) is 20.5. The molecule has 0 radical (unpaired) electrons. The van der Waals surface area contributed by atoms with E-state index in [1.165, 1.54) is 16.7 Å². The maximum Gasteiger partial charge on any atom is 0.265 e. The van der Waals surface area contributed by atoms with Crippen LogP contribution in [0.15, 0.2) is 59.6 Å². The van der Waals surface area contributed by atoms with Crippen LogP contribution in [-0.4, -0.2) is 39.1 Å². The second-order valence-corrected chi connectivity index (χ2v) is 8.39. The van der Waals surface area contributed by atoms with Gasteiger partial charge in [0.25, 0.3) is 5.91 Å². The lowest BCUT2D eigenvalue weighted by Gasteiger charge is -2.05. The number of carbonyl (C=O) groups excluding carboxylic acids is 1. The number of likely N-dealkylation sites (N-methyl/N-ethyl adjacent to an activating group) is 1. The van der Waals surface area contributed by atoms with Gasteiger partial charge >= 0.3 is 0 Å². The maximum atomic E-state index is 12.5. The third kappa shape index (κ3) is 3.81. The number of ether oxygens (including phenoxy) is 1. The highest BCUT2D eigenvalue weighted by Gasteiger charge is 2.29. The summed E-state index contributed by atoms with van der Waals surface area (Å²) in [5, 5.41) is 5.25. The van der Waals surface area contributed by atoms with Crippen LogP contribution in [0.25, 0.3) is 23.0 Å². The molecule has 4 rings (SSSR count). The third-order valence-corrected chi connectivity index (χ3v) is 6.24. The molecule has 0 unspecified atom stereocenters. The molecule has 5 nitrogen and oxygen atoms in total. The standard InChI is InChI=1S/C21H16ClN3O2S2/c1-24-20(26)18(29-21(24)28)11-14-12-25(15-6-4-3-5-7-15)23-19(14)13-8-9-17(27-2)16(22)10-13/h3-12H,1-2H3. The van der Waals surface area contributed by atoms with Crippen molar-refractivity contribution >= 4 is 51.9 Å². The summed E-state index contributed by atoms with van der Waals surface area (Å²) in [5.74, 6) is 0.470. The summed E-state index contributed by atoms with van der Waals surface area (Å²) in [7, 11) is 3.25. The number of thioether (sulfide) groups is 1. The van der Waals surface area contributed by atoms with Crippen LogP contribution in [0.2, 0.25) is 5.02 Å². The van der Waals surface area contributed by atoms with Gasteiger partial charge in [0.15, 0.2) is 0 Å². The van der Waals surface area contributed by atoms with Crippen molar-refractivity contribution in [3.05, 3.63) is 70.2 Å². The van der Waals surface area contributed by atoms with E-state index in [1.54, 1.807) is 31.0 Å². The van der Waals surface area contributed by atoms with Gasteiger partial charge in [-0.25, -0.2) is 4.68 Å². The first kappa shape index (κ1) is 19.7. The van der Waals surface area contributed by atoms with Gasteiger partial charge in [-0.1, -0.05) is 53.8 Å². The molecule has 1 aliphatic rings. The van der Waals surface area contributed by atoms with Gasteiger partial charge in [0, 0.05) is 24.4 Å².